The number of anilines is 1. The summed E-state index contributed by atoms with van der Waals surface area (Å²) < 4.78 is 27.7. The van der Waals surface area contributed by atoms with Gasteiger partial charge < -0.3 is 0 Å². The van der Waals surface area contributed by atoms with Crippen LogP contribution in [0.4, 0.5) is 5.69 Å². The molecule has 0 aliphatic carbocycles. The van der Waals surface area contributed by atoms with Crippen molar-refractivity contribution in [1.82, 2.24) is 0 Å². The Hall–Kier alpha value is -0.170. The van der Waals surface area contributed by atoms with Gasteiger partial charge in [0.05, 0.1) is 25.8 Å². The molecular formula is C12H6BrCl4NO2S. The van der Waals surface area contributed by atoms with Crippen LogP contribution in [0, 0.1) is 0 Å². The summed E-state index contributed by atoms with van der Waals surface area (Å²) in [5, 5.41) is 0.612. The summed E-state index contributed by atoms with van der Waals surface area (Å²) in [5.41, 5.74) is 0.116. The quantitative estimate of drug-likeness (QED) is 0.596. The van der Waals surface area contributed by atoms with Crippen molar-refractivity contribution in [2.75, 3.05) is 4.72 Å². The second-order valence-corrected chi connectivity index (χ2v) is 8.12. The molecule has 0 amide bonds. The van der Waals surface area contributed by atoms with Gasteiger partial charge in [0.15, 0.2) is 0 Å². The van der Waals surface area contributed by atoms with E-state index in [1.165, 1.54) is 24.3 Å². The van der Waals surface area contributed by atoms with Gasteiger partial charge in [0.25, 0.3) is 10.0 Å². The van der Waals surface area contributed by atoms with Crippen molar-refractivity contribution in [2.24, 2.45) is 0 Å². The predicted molar refractivity (Wildman–Crippen MR) is 91.4 cm³/mol. The summed E-state index contributed by atoms with van der Waals surface area (Å²) in [7, 11) is -3.90. The maximum atomic E-state index is 12.3. The minimum atomic E-state index is -3.90. The summed E-state index contributed by atoms with van der Waals surface area (Å²) in [4.78, 5) is -0.0745. The van der Waals surface area contributed by atoms with E-state index >= 15 is 0 Å². The lowest BCUT2D eigenvalue weighted by molar-refractivity contribution is 0.601. The molecule has 0 saturated carbocycles. The zero-order valence-electron chi connectivity index (χ0n) is 10.0. The van der Waals surface area contributed by atoms with Crippen molar-refractivity contribution in [3.05, 3.63) is 54.9 Å². The predicted octanol–water partition coefficient (Wildman–Crippen LogP) is 5.86. The summed E-state index contributed by atoms with van der Waals surface area (Å²) >= 11 is 26.8. The molecule has 0 bridgehead atoms. The lowest BCUT2D eigenvalue weighted by atomic mass is 10.3. The Morgan fingerprint density at radius 2 is 1.48 bits per heavy atom. The van der Waals surface area contributed by atoms with E-state index in [-0.39, 0.29) is 30.7 Å². The molecule has 0 heterocycles. The molecule has 0 fully saturated rings. The van der Waals surface area contributed by atoms with E-state index in [2.05, 4.69) is 20.7 Å². The van der Waals surface area contributed by atoms with E-state index in [1.54, 1.807) is 6.07 Å². The van der Waals surface area contributed by atoms with Crippen LogP contribution in [0.1, 0.15) is 0 Å². The second kappa shape index (κ2) is 6.52. The molecule has 3 nitrogen and oxygen atoms in total. The highest BCUT2D eigenvalue weighted by Crippen LogP contribution is 2.34. The van der Waals surface area contributed by atoms with Crippen LogP contribution in [-0.2, 0) is 10.0 Å². The molecule has 2 aromatic rings. The fourth-order valence-electron chi connectivity index (χ4n) is 1.49. The van der Waals surface area contributed by atoms with E-state index in [0.717, 1.165) is 0 Å². The highest BCUT2D eigenvalue weighted by atomic mass is 79.9. The maximum absolute atomic E-state index is 12.3. The molecule has 0 spiro atoms. The molecule has 21 heavy (non-hydrogen) atoms. The Morgan fingerprint density at radius 3 is 2.10 bits per heavy atom. The lowest BCUT2D eigenvalue weighted by Gasteiger charge is -2.12. The minimum Gasteiger partial charge on any atom is -0.278 e. The van der Waals surface area contributed by atoms with Gasteiger partial charge in [-0.3, -0.25) is 4.72 Å². The standard InChI is InChI=1S/C12H6BrCl4NO2S/c13-6-1-2-12(10(17)3-6)21(19,20)18-11-5-8(15)7(14)4-9(11)16/h1-5,18H. The van der Waals surface area contributed by atoms with Crippen molar-refractivity contribution in [1.29, 1.82) is 0 Å². The van der Waals surface area contributed by atoms with Gasteiger partial charge >= 0.3 is 0 Å². The van der Waals surface area contributed by atoms with Gasteiger partial charge in [0, 0.05) is 4.47 Å². The van der Waals surface area contributed by atoms with Crippen LogP contribution in [-0.4, -0.2) is 8.42 Å². The van der Waals surface area contributed by atoms with Gasteiger partial charge in [-0.1, -0.05) is 62.3 Å². The first-order valence-electron chi connectivity index (χ1n) is 5.33. The number of halogens is 5. The van der Waals surface area contributed by atoms with Crippen molar-refractivity contribution in [2.45, 2.75) is 4.90 Å². The summed E-state index contributed by atoms with van der Waals surface area (Å²) in [6, 6.07) is 7.10. The SMILES string of the molecule is O=S(=O)(Nc1cc(Cl)c(Cl)cc1Cl)c1ccc(Br)cc1Cl. The van der Waals surface area contributed by atoms with Gasteiger partial charge in [0.2, 0.25) is 0 Å². The number of rotatable bonds is 3. The topological polar surface area (TPSA) is 46.2 Å². The molecule has 0 saturated heterocycles. The minimum absolute atomic E-state index is 0.0745. The Labute approximate surface area is 150 Å². The van der Waals surface area contributed by atoms with Crippen LogP contribution < -0.4 is 4.72 Å². The first kappa shape index (κ1) is 17.2. The second-order valence-electron chi connectivity index (χ2n) is 3.93. The number of sulfonamides is 1. The van der Waals surface area contributed by atoms with Crippen molar-refractivity contribution < 1.29 is 8.42 Å². The van der Waals surface area contributed by atoms with E-state index in [4.69, 9.17) is 46.4 Å². The molecule has 2 aromatic carbocycles. The largest absolute Gasteiger partial charge is 0.278 e. The molecule has 0 atom stereocenters. The van der Waals surface area contributed by atoms with Gasteiger partial charge in [-0.05, 0) is 30.3 Å². The Balaban J connectivity index is 2.45. The monoisotopic (exact) mass is 447 g/mol. The van der Waals surface area contributed by atoms with Gasteiger partial charge in [0.1, 0.15) is 4.90 Å². The van der Waals surface area contributed by atoms with Crippen molar-refractivity contribution in [3.8, 4) is 0 Å². The zero-order chi connectivity index (χ0) is 15.8. The fraction of sp³-hybridized carbons (Fsp3) is 0. The molecular weight excluding hydrogens is 444 g/mol. The third kappa shape index (κ3) is 3.97. The lowest BCUT2D eigenvalue weighted by Crippen LogP contribution is -2.13. The smallest absolute Gasteiger partial charge is 0.263 e. The first-order chi connectivity index (χ1) is 9.70. The van der Waals surface area contributed by atoms with Crippen LogP contribution in [0.15, 0.2) is 39.7 Å². The van der Waals surface area contributed by atoms with Crippen LogP contribution in [0.5, 0.6) is 0 Å². The maximum Gasteiger partial charge on any atom is 0.263 e. The molecule has 1 N–H and O–H groups in total. The summed E-state index contributed by atoms with van der Waals surface area (Å²) in [6.07, 6.45) is 0. The van der Waals surface area contributed by atoms with Crippen LogP contribution in [0.3, 0.4) is 0 Å². The normalized spacial score (nSPS) is 11.5. The van der Waals surface area contributed by atoms with Crippen LogP contribution >= 0.6 is 62.3 Å². The third-order valence-corrected chi connectivity index (χ3v) is 5.81. The fourth-order valence-corrected chi connectivity index (χ4v) is 4.25. The summed E-state index contributed by atoms with van der Waals surface area (Å²) in [5.74, 6) is 0. The van der Waals surface area contributed by atoms with Gasteiger partial charge in [-0.15, -0.1) is 0 Å². The first-order valence-corrected chi connectivity index (χ1v) is 9.12. The van der Waals surface area contributed by atoms with E-state index in [9.17, 15) is 8.42 Å². The number of hydrogen-bond acceptors (Lipinski definition) is 2. The number of hydrogen-bond donors (Lipinski definition) is 1. The molecule has 112 valence electrons. The molecule has 0 unspecified atom stereocenters. The Morgan fingerprint density at radius 1 is 0.857 bits per heavy atom. The molecule has 2 rings (SSSR count). The Bertz CT molecular complexity index is 811. The van der Waals surface area contributed by atoms with Gasteiger partial charge in [-0.25, -0.2) is 8.42 Å². The average Bonchev–Trinajstić information content (AvgIpc) is 2.35. The molecule has 0 radical (unpaired) electrons. The van der Waals surface area contributed by atoms with Gasteiger partial charge in [-0.2, -0.15) is 0 Å². The average molecular weight is 450 g/mol. The number of nitrogens with one attached hydrogen (secondary N) is 1. The van der Waals surface area contributed by atoms with Crippen LogP contribution in [0.2, 0.25) is 20.1 Å². The van der Waals surface area contributed by atoms with E-state index < -0.39 is 10.0 Å². The summed E-state index contributed by atoms with van der Waals surface area (Å²) in [6.45, 7) is 0. The highest BCUT2D eigenvalue weighted by molar-refractivity contribution is 9.10. The van der Waals surface area contributed by atoms with E-state index in [1.807, 2.05) is 0 Å². The number of benzene rings is 2. The molecule has 0 aliphatic rings. The highest BCUT2D eigenvalue weighted by Gasteiger charge is 2.20. The molecule has 9 heteroatoms. The Kier molecular flexibility index (Phi) is 5.34. The third-order valence-electron chi connectivity index (χ3n) is 2.44. The van der Waals surface area contributed by atoms with Crippen molar-refractivity contribution >= 4 is 78.0 Å². The zero-order valence-corrected chi connectivity index (χ0v) is 15.4. The van der Waals surface area contributed by atoms with Crippen molar-refractivity contribution in [3.63, 3.8) is 0 Å². The van der Waals surface area contributed by atoms with Crippen LogP contribution in [0.25, 0.3) is 0 Å². The molecule has 0 aromatic heterocycles. The molecule has 0 aliphatic heterocycles. The van der Waals surface area contributed by atoms with E-state index in [0.29, 0.717) is 4.47 Å².